The molecule has 0 fully saturated rings. The van der Waals surface area contributed by atoms with Crippen LogP contribution in [0.15, 0.2) is 48.5 Å². The number of hydrogen-bond acceptors (Lipinski definition) is 3. The lowest BCUT2D eigenvalue weighted by atomic mass is 10.1. The van der Waals surface area contributed by atoms with E-state index in [0.717, 1.165) is 33.1 Å². The second-order valence-corrected chi connectivity index (χ2v) is 6.94. The second-order valence-electron chi connectivity index (χ2n) is 5.42. The highest BCUT2D eigenvalue weighted by molar-refractivity contribution is 7.15. The summed E-state index contributed by atoms with van der Waals surface area (Å²) < 4.78 is 0. The van der Waals surface area contributed by atoms with E-state index in [1.165, 1.54) is 16.9 Å². The Balaban J connectivity index is 2.05. The van der Waals surface area contributed by atoms with Gasteiger partial charge in [0.2, 0.25) is 0 Å². The van der Waals surface area contributed by atoms with Crippen molar-refractivity contribution in [2.45, 2.75) is 19.8 Å². The van der Waals surface area contributed by atoms with Gasteiger partial charge in [-0.2, -0.15) is 0 Å². The summed E-state index contributed by atoms with van der Waals surface area (Å²) in [4.78, 5) is 16.7. The Hall–Kier alpha value is -2.17. The molecule has 5 heteroatoms. The maximum Gasteiger partial charge on any atom is 0.308 e. The average Bonchev–Trinajstić information content (AvgIpc) is 2.98. The number of benzene rings is 2. The van der Waals surface area contributed by atoms with Crippen molar-refractivity contribution in [2.75, 3.05) is 0 Å². The summed E-state index contributed by atoms with van der Waals surface area (Å²) in [6, 6.07) is 15.5. The molecule has 0 bridgehead atoms. The molecule has 122 valence electrons. The van der Waals surface area contributed by atoms with Crippen LogP contribution in [-0.4, -0.2) is 16.1 Å². The van der Waals surface area contributed by atoms with Crippen molar-refractivity contribution in [3.63, 3.8) is 0 Å². The first-order valence-corrected chi connectivity index (χ1v) is 8.83. The fourth-order valence-electron chi connectivity index (χ4n) is 2.45. The largest absolute Gasteiger partial charge is 0.481 e. The number of aryl methyl sites for hydroxylation is 1. The maximum atomic E-state index is 11.2. The van der Waals surface area contributed by atoms with Gasteiger partial charge in [0.15, 0.2) is 0 Å². The third-order valence-corrected chi connectivity index (χ3v) is 5.09. The number of halogens is 1. The predicted molar refractivity (Wildman–Crippen MR) is 98.7 cm³/mol. The summed E-state index contributed by atoms with van der Waals surface area (Å²) in [5.74, 6) is -0.854. The first-order valence-electron chi connectivity index (χ1n) is 7.63. The quantitative estimate of drug-likeness (QED) is 0.672. The summed E-state index contributed by atoms with van der Waals surface area (Å²) in [5.41, 5.74) is 3.87. The van der Waals surface area contributed by atoms with Crippen LogP contribution < -0.4 is 0 Å². The predicted octanol–water partition coefficient (Wildman–Crippen LogP) is 5.32. The van der Waals surface area contributed by atoms with Gasteiger partial charge in [0.25, 0.3) is 0 Å². The standard InChI is InChI=1S/C19H16ClNO2S/c1-2-12-3-5-13(6-4-12)18-16(11-17(22)23)24-19(21-18)14-7-9-15(20)10-8-14/h3-10H,2,11H2,1H3,(H,22,23). The molecule has 3 aromatic rings. The zero-order valence-corrected chi connectivity index (χ0v) is 14.7. The van der Waals surface area contributed by atoms with Crippen molar-refractivity contribution in [3.05, 3.63) is 64.0 Å². The minimum absolute atomic E-state index is 0.0316. The van der Waals surface area contributed by atoms with Gasteiger partial charge in [-0.05, 0) is 24.1 Å². The number of aliphatic carboxylic acids is 1. The van der Waals surface area contributed by atoms with Crippen LogP contribution >= 0.6 is 22.9 Å². The topological polar surface area (TPSA) is 50.2 Å². The van der Waals surface area contributed by atoms with Gasteiger partial charge in [-0.25, -0.2) is 4.98 Å². The third kappa shape index (κ3) is 3.66. The van der Waals surface area contributed by atoms with Crippen molar-refractivity contribution < 1.29 is 9.90 Å². The van der Waals surface area contributed by atoms with Crippen molar-refractivity contribution >= 4 is 28.9 Å². The van der Waals surface area contributed by atoms with Crippen LogP contribution in [0.1, 0.15) is 17.4 Å². The number of aromatic nitrogens is 1. The smallest absolute Gasteiger partial charge is 0.308 e. The van der Waals surface area contributed by atoms with E-state index in [-0.39, 0.29) is 6.42 Å². The zero-order valence-electron chi connectivity index (χ0n) is 13.1. The molecule has 3 nitrogen and oxygen atoms in total. The van der Waals surface area contributed by atoms with Crippen LogP contribution in [-0.2, 0) is 17.6 Å². The number of carbonyl (C=O) groups is 1. The van der Waals surface area contributed by atoms with E-state index in [1.807, 2.05) is 36.4 Å². The molecule has 1 aromatic heterocycles. The van der Waals surface area contributed by atoms with Gasteiger partial charge in [0.1, 0.15) is 5.01 Å². The lowest BCUT2D eigenvalue weighted by molar-refractivity contribution is -0.136. The fourth-order valence-corrected chi connectivity index (χ4v) is 3.65. The van der Waals surface area contributed by atoms with Crippen LogP contribution in [0, 0.1) is 0 Å². The Morgan fingerprint density at radius 3 is 2.29 bits per heavy atom. The monoisotopic (exact) mass is 357 g/mol. The molecule has 0 atom stereocenters. The molecule has 24 heavy (non-hydrogen) atoms. The molecular weight excluding hydrogens is 342 g/mol. The summed E-state index contributed by atoms with van der Waals surface area (Å²) in [7, 11) is 0. The second kappa shape index (κ2) is 7.16. The number of nitrogens with zero attached hydrogens (tertiary/aromatic N) is 1. The minimum Gasteiger partial charge on any atom is -0.481 e. The van der Waals surface area contributed by atoms with Gasteiger partial charge in [-0.3, -0.25) is 4.79 Å². The highest BCUT2D eigenvalue weighted by atomic mass is 35.5. The van der Waals surface area contributed by atoms with Crippen molar-refractivity contribution in [1.29, 1.82) is 0 Å². The van der Waals surface area contributed by atoms with Gasteiger partial charge >= 0.3 is 5.97 Å². The Morgan fingerprint density at radius 1 is 1.08 bits per heavy atom. The zero-order chi connectivity index (χ0) is 17.1. The van der Waals surface area contributed by atoms with Crippen molar-refractivity contribution in [3.8, 4) is 21.8 Å². The molecule has 0 amide bonds. The van der Waals surface area contributed by atoms with E-state index in [0.29, 0.717) is 5.02 Å². The number of carboxylic acids is 1. The van der Waals surface area contributed by atoms with Gasteiger partial charge in [-0.15, -0.1) is 11.3 Å². The highest BCUT2D eigenvalue weighted by Crippen LogP contribution is 2.34. The minimum atomic E-state index is -0.854. The molecule has 1 heterocycles. The van der Waals surface area contributed by atoms with Gasteiger partial charge < -0.3 is 5.11 Å². The molecule has 3 rings (SSSR count). The molecule has 0 saturated heterocycles. The van der Waals surface area contributed by atoms with E-state index in [1.54, 1.807) is 0 Å². The Kier molecular flexibility index (Phi) is 4.97. The number of rotatable bonds is 5. The van der Waals surface area contributed by atoms with Crippen LogP contribution in [0.25, 0.3) is 21.8 Å². The summed E-state index contributed by atoms with van der Waals surface area (Å²) in [5, 5.41) is 10.7. The van der Waals surface area contributed by atoms with E-state index in [9.17, 15) is 9.90 Å². The fraction of sp³-hybridized carbons (Fsp3) is 0.158. The summed E-state index contributed by atoms with van der Waals surface area (Å²) in [6.07, 6.45) is 0.936. The average molecular weight is 358 g/mol. The maximum absolute atomic E-state index is 11.2. The summed E-state index contributed by atoms with van der Waals surface area (Å²) in [6.45, 7) is 2.10. The van der Waals surface area contributed by atoms with Crippen LogP contribution in [0.5, 0.6) is 0 Å². The van der Waals surface area contributed by atoms with Gasteiger partial charge in [0.05, 0.1) is 12.1 Å². The van der Waals surface area contributed by atoms with Crippen LogP contribution in [0.3, 0.4) is 0 Å². The highest BCUT2D eigenvalue weighted by Gasteiger charge is 2.16. The molecule has 0 unspecified atom stereocenters. The SMILES string of the molecule is CCc1ccc(-c2nc(-c3ccc(Cl)cc3)sc2CC(=O)O)cc1. The van der Waals surface area contributed by atoms with Crippen LogP contribution in [0.4, 0.5) is 0 Å². The molecule has 0 aliphatic heterocycles. The Bertz CT molecular complexity index is 854. The first kappa shape index (κ1) is 16.7. The van der Waals surface area contributed by atoms with E-state index in [2.05, 4.69) is 19.1 Å². The molecule has 0 aliphatic rings. The number of hydrogen-bond donors (Lipinski definition) is 1. The van der Waals surface area contributed by atoms with Gasteiger partial charge in [-0.1, -0.05) is 54.9 Å². The van der Waals surface area contributed by atoms with Gasteiger partial charge in [0, 0.05) is 21.0 Å². The Labute approximate surface area is 149 Å². The molecule has 0 saturated carbocycles. The molecule has 2 aromatic carbocycles. The molecule has 0 aliphatic carbocycles. The normalized spacial score (nSPS) is 10.8. The van der Waals surface area contributed by atoms with E-state index < -0.39 is 5.97 Å². The van der Waals surface area contributed by atoms with Crippen molar-refractivity contribution in [1.82, 2.24) is 4.98 Å². The van der Waals surface area contributed by atoms with Crippen LogP contribution in [0.2, 0.25) is 5.02 Å². The molecule has 0 spiro atoms. The molecule has 1 N–H and O–H groups in total. The lowest BCUT2D eigenvalue weighted by Crippen LogP contribution is -1.99. The lowest BCUT2D eigenvalue weighted by Gasteiger charge is -2.02. The Morgan fingerprint density at radius 2 is 1.71 bits per heavy atom. The molecular formula is C19H16ClNO2S. The summed E-state index contributed by atoms with van der Waals surface area (Å²) >= 11 is 7.35. The third-order valence-electron chi connectivity index (χ3n) is 3.74. The number of carboxylic acid groups (broad SMARTS) is 1. The van der Waals surface area contributed by atoms with Crippen molar-refractivity contribution in [2.24, 2.45) is 0 Å². The first-order chi connectivity index (χ1) is 11.6. The number of thiazole rings is 1. The molecule has 0 radical (unpaired) electrons. The van der Waals surface area contributed by atoms with E-state index >= 15 is 0 Å². The van der Waals surface area contributed by atoms with E-state index in [4.69, 9.17) is 16.6 Å².